The average Bonchev–Trinajstić information content (AvgIpc) is 2.80. The molecule has 0 unspecified atom stereocenters. The SMILES string of the molecule is CC.CC.CC.CC.CC(=O)O.CCc1ccccc1.CCc1ccccc1. The van der Waals surface area contributed by atoms with Gasteiger partial charge in [-0.1, -0.05) is 130 Å². The Kier molecular flexibility index (Phi) is 52.3. The third-order valence-electron chi connectivity index (χ3n) is 2.50. The van der Waals surface area contributed by atoms with E-state index in [0.717, 1.165) is 19.8 Å². The maximum atomic E-state index is 9.00. The van der Waals surface area contributed by atoms with Crippen LogP contribution in [-0.2, 0) is 17.6 Å². The standard InChI is InChI=1S/2C8H10.C2H4O2.4C2H6/c2*1-2-8-6-4-3-5-7-8;1-2(3)4;4*1-2/h2*3-7H,2H2,1H3;1H3,(H,3,4);4*1-2H3. The fourth-order valence-electron chi connectivity index (χ4n) is 1.43. The van der Waals surface area contributed by atoms with Gasteiger partial charge in [-0.15, -0.1) is 0 Å². The van der Waals surface area contributed by atoms with Gasteiger partial charge in [-0.05, 0) is 24.0 Å². The molecule has 0 saturated carbocycles. The second-order valence-corrected chi connectivity index (χ2v) is 4.20. The lowest BCUT2D eigenvalue weighted by Gasteiger charge is -1.89. The number of carboxylic acids is 1. The number of benzene rings is 2. The number of rotatable bonds is 2. The van der Waals surface area contributed by atoms with E-state index in [-0.39, 0.29) is 0 Å². The lowest BCUT2D eigenvalue weighted by atomic mass is 10.2. The largest absolute Gasteiger partial charge is 0.481 e. The van der Waals surface area contributed by atoms with Crippen molar-refractivity contribution in [1.29, 1.82) is 0 Å². The lowest BCUT2D eigenvalue weighted by molar-refractivity contribution is -0.134. The van der Waals surface area contributed by atoms with Gasteiger partial charge in [0.1, 0.15) is 0 Å². The zero-order chi connectivity index (χ0) is 23.2. The number of aliphatic carboxylic acids is 1. The fourth-order valence-corrected chi connectivity index (χ4v) is 1.43. The van der Waals surface area contributed by atoms with Crippen LogP contribution in [0.15, 0.2) is 60.7 Å². The predicted octanol–water partition coefficient (Wildman–Crippen LogP) is 8.69. The fraction of sp³-hybridized carbons (Fsp3) is 0.500. The summed E-state index contributed by atoms with van der Waals surface area (Å²) in [7, 11) is 0. The van der Waals surface area contributed by atoms with Gasteiger partial charge in [0.25, 0.3) is 5.97 Å². The lowest BCUT2D eigenvalue weighted by Crippen LogP contribution is -1.78. The summed E-state index contributed by atoms with van der Waals surface area (Å²) in [6, 6.07) is 20.9. The van der Waals surface area contributed by atoms with E-state index >= 15 is 0 Å². The highest BCUT2D eigenvalue weighted by molar-refractivity contribution is 5.62. The average molecular weight is 393 g/mol. The van der Waals surface area contributed by atoms with Gasteiger partial charge in [0.05, 0.1) is 0 Å². The highest BCUT2D eigenvalue weighted by Gasteiger charge is 1.80. The first kappa shape index (κ1) is 36.8. The van der Waals surface area contributed by atoms with Crippen LogP contribution >= 0.6 is 0 Å². The molecule has 0 fully saturated rings. The zero-order valence-electron chi connectivity index (χ0n) is 20.5. The van der Waals surface area contributed by atoms with E-state index in [2.05, 4.69) is 62.4 Å². The van der Waals surface area contributed by atoms with Crippen LogP contribution in [-0.4, -0.2) is 11.1 Å². The second kappa shape index (κ2) is 39.8. The third kappa shape index (κ3) is 39.1. The molecule has 0 aliphatic rings. The van der Waals surface area contributed by atoms with Gasteiger partial charge in [0.15, 0.2) is 0 Å². The molecule has 2 rings (SSSR count). The van der Waals surface area contributed by atoms with Crippen LogP contribution < -0.4 is 0 Å². The van der Waals surface area contributed by atoms with Gasteiger partial charge < -0.3 is 5.11 Å². The minimum Gasteiger partial charge on any atom is -0.481 e. The number of carboxylic acid groups (broad SMARTS) is 1. The Morgan fingerprint density at radius 2 is 0.786 bits per heavy atom. The van der Waals surface area contributed by atoms with Crippen LogP contribution in [0.1, 0.15) is 87.3 Å². The molecule has 2 nitrogen and oxygen atoms in total. The number of carbonyl (C=O) groups is 1. The molecule has 0 aliphatic heterocycles. The smallest absolute Gasteiger partial charge is 0.300 e. The van der Waals surface area contributed by atoms with Crippen LogP contribution in [0.2, 0.25) is 0 Å². The van der Waals surface area contributed by atoms with E-state index in [1.54, 1.807) is 0 Å². The maximum absolute atomic E-state index is 9.00. The first-order valence-electron chi connectivity index (χ1n) is 10.9. The van der Waals surface area contributed by atoms with Crippen molar-refractivity contribution in [3.8, 4) is 0 Å². The number of aryl methyl sites for hydroxylation is 2. The molecule has 1 N–H and O–H groups in total. The molecule has 0 saturated heterocycles. The van der Waals surface area contributed by atoms with Gasteiger partial charge >= 0.3 is 0 Å². The molecule has 2 heteroatoms. The van der Waals surface area contributed by atoms with Crippen molar-refractivity contribution >= 4 is 5.97 Å². The quantitative estimate of drug-likeness (QED) is 0.555. The van der Waals surface area contributed by atoms with Crippen molar-refractivity contribution in [2.75, 3.05) is 0 Å². The molecule has 0 aromatic heterocycles. The van der Waals surface area contributed by atoms with Crippen LogP contribution in [0.4, 0.5) is 0 Å². The maximum Gasteiger partial charge on any atom is 0.300 e. The molecular weight excluding hydrogens is 344 g/mol. The van der Waals surface area contributed by atoms with Crippen molar-refractivity contribution < 1.29 is 9.90 Å². The molecule has 0 amide bonds. The van der Waals surface area contributed by atoms with Crippen LogP contribution in [0.3, 0.4) is 0 Å². The Morgan fingerprint density at radius 3 is 0.893 bits per heavy atom. The molecule has 0 bridgehead atoms. The summed E-state index contributed by atoms with van der Waals surface area (Å²) in [5, 5.41) is 7.42. The summed E-state index contributed by atoms with van der Waals surface area (Å²) in [5.41, 5.74) is 2.82. The van der Waals surface area contributed by atoms with E-state index in [9.17, 15) is 0 Å². The van der Waals surface area contributed by atoms with Gasteiger partial charge in [-0.25, -0.2) is 0 Å². The van der Waals surface area contributed by atoms with Crippen molar-refractivity contribution in [2.24, 2.45) is 0 Å². The second-order valence-electron chi connectivity index (χ2n) is 4.20. The summed E-state index contributed by atoms with van der Waals surface area (Å²) in [5.74, 6) is -0.833. The molecule has 164 valence electrons. The van der Waals surface area contributed by atoms with E-state index in [1.165, 1.54) is 11.1 Å². The van der Waals surface area contributed by atoms with E-state index in [4.69, 9.17) is 9.90 Å². The molecule has 28 heavy (non-hydrogen) atoms. The van der Waals surface area contributed by atoms with Crippen LogP contribution in [0.5, 0.6) is 0 Å². The van der Waals surface area contributed by atoms with E-state index in [1.807, 2.05) is 67.5 Å². The monoisotopic (exact) mass is 392 g/mol. The first-order valence-corrected chi connectivity index (χ1v) is 10.9. The molecule has 2 aromatic carbocycles. The Hall–Kier alpha value is -2.09. The molecule has 2 aromatic rings. The van der Waals surface area contributed by atoms with Crippen molar-refractivity contribution in [3.05, 3.63) is 71.8 Å². The molecular formula is C26H48O2. The van der Waals surface area contributed by atoms with E-state index < -0.39 is 5.97 Å². The first-order chi connectivity index (χ1) is 13.6. The van der Waals surface area contributed by atoms with Gasteiger partial charge in [-0.3, -0.25) is 4.79 Å². The minimum atomic E-state index is -0.833. The summed E-state index contributed by atoms with van der Waals surface area (Å²) < 4.78 is 0. The van der Waals surface area contributed by atoms with Gasteiger partial charge in [0, 0.05) is 6.92 Å². The Labute approximate surface area is 177 Å². The Balaban J connectivity index is -0.0000000827. The van der Waals surface area contributed by atoms with Gasteiger partial charge in [-0.2, -0.15) is 0 Å². The van der Waals surface area contributed by atoms with Crippen LogP contribution in [0, 0.1) is 0 Å². The molecule has 0 heterocycles. The Bertz CT molecular complexity index is 407. The van der Waals surface area contributed by atoms with Crippen molar-refractivity contribution in [2.45, 2.75) is 89.0 Å². The molecule has 0 atom stereocenters. The Morgan fingerprint density at radius 1 is 0.607 bits per heavy atom. The van der Waals surface area contributed by atoms with Gasteiger partial charge in [0.2, 0.25) is 0 Å². The minimum absolute atomic E-state index is 0.833. The van der Waals surface area contributed by atoms with E-state index in [0.29, 0.717) is 0 Å². The molecule has 0 radical (unpaired) electrons. The van der Waals surface area contributed by atoms with Crippen LogP contribution in [0.25, 0.3) is 0 Å². The summed E-state index contributed by atoms with van der Waals surface area (Å²) >= 11 is 0. The van der Waals surface area contributed by atoms with Crippen molar-refractivity contribution in [1.82, 2.24) is 0 Å². The number of hydrogen-bond acceptors (Lipinski definition) is 1. The third-order valence-corrected chi connectivity index (χ3v) is 2.50. The number of hydrogen-bond donors (Lipinski definition) is 1. The highest BCUT2D eigenvalue weighted by atomic mass is 16.4. The summed E-state index contributed by atoms with van der Waals surface area (Å²) in [6.07, 6.45) is 2.28. The molecule has 0 aliphatic carbocycles. The zero-order valence-corrected chi connectivity index (χ0v) is 20.5. The van der Waals surface area contributed by atoms with Crippen molar-refractivity contribution in [3.63, 3.8) is 0 Å². The summed E-state index contributed by atoms with van der Waals surface area (Å²) in [6.45, 7) is 21.4. The highest BCUT2D eigenvalue weighted by Crippen LogP contribution is 1.97. The molecule has 0 spiro atoms. The topological polar surface area (TPSA) is 37.3 Å². The predicted molar refractivity (Wildman–Crippen MR) is 130 cm³/mol. The summed E-state index contributed by atoms with van der Waals surface area (Å²) in [4.78, 5) is 9.00. The normalized spacial score (nSPS) is 6.96.